The monoisotopic (exact) mass is 383 g/mol. The molecule has 1 aromatic rings. The summed E-state index contributed by atoms with van der Waals surface area (Å²) in [6, 6.07) is 3.86. The molecule has 0 bridgehead atoms. The lowest BCUT2D eigenvalue weighted by molar-refractivity contribution is 0.141. The molecule has 0 aromatic heterocycles. The molecule has 22 heavy (non-hydrogen) atoms. The van der Waals surface area contributed by atoms with Gasteiger partial charge in [0, 0.05) is 0 Å². The maximum absolute atomic E-state index is 14.5. The Morgan fingerprint density at radius 2 is 2.00 bits per heavy atom. The van der Waals surface area contributed by atoms with Gasteiger partial charge in [0.05, 0.1) is 16.1 Å². The average Bonchev–Trinajstić information content (AvgIpc) is 2.69. The van der Waals surface area contributed by atoms with Crippen LogP contribution in [0.3, 0.4) is 0 Å². The number of nitriles is 1. The van der Waals surface area contributed by atoms with Gasteiger partial charge in [0.2, 0.25) is 0 Å². The predicted octanol–water partition coefficient (Wildman–Crippen LogP) is 5.71. The molecule has 0 N–H and O–H groups in total. The Morgan fingerprint density at radius 1 is 1.41 bits per heavy atom. The van der Waals surface area contributed by atoms with Gasteiger partial charge >= 0.3 is 0 Å². The number of benzene rings is 1. The molecule has 1 aliphatic carbocycles. The van der Waals surface area contributed by atoms with Gasteiger partial charge in [-0.3, -0.25) is 0 Å². The lowest BCUT2D eigenvalue weighted by Crippen LogP contribution is -2.42. The molecule has 2 atom stereocenters. The SMILES string of the molecule is CC1Cc2c(cc(C#N)c(Br)c2F)C1O[Si](C)(C)C(C)(C)C. The van der Waals surface area contributed by atoms with Gasteiger partial charge in [0.15, 0.2) is 8.32 Å². The average molecular weight is 384 g/mol. The molecule has 5 heteroatoms. The molecule has 0 amide bonds. The van der Waals surface area contributed by atoms with Crippen LogP contribution in [-0.4, -0.2) is 8.32 Å². The van der Waals surface area contributed by atoms with E-state index in [1.807, 2.05) is 0 Å². The van der Waals surface area contributed by atoms with Gasteiger partial charge in [-0.25, -0.2) is 4.39 Å². The van der Waals surface area contributed by atoms with Gasteiger partial charge in [-0.1, -0.05) is 27.7 Å². The molecule has 0 heterocycles. The highest BCUT2D eigenvalue weighted by molar-refractivity contribution is 9.10. The maximum atomic E-state index is 14.5. The molecule has 2 nitrogen and oxygen atoms in total. The van der Waals surface area contributed by atoms with E-state index in [0.29, 0.717) is 17.5 Å². The van der Waals surface area contributed by atoms with Crippen molar-refractivity contribution < 1.29 is 8.82 Å². The first-order valence-electron chi connectivity index (χ1n) is 7.58. The van der Waals surface area contributed by atoms with Crippen molar-refractivity contribution >= 4 is 24.2 Å². The standard InChI is InChI=1S/C17H23BrFNOSi/c1-10-7-12-13(8-11(9-20)14(18)15(12)19)16(10)21-22(5,6)17(2,3)4/h8,10,16H,7H2,1-6H3. The second-order valence-electron chi connectivity index (χ2n) is 7.71. The normalized spacial score (nSPS) is 21.6. The summed E-state index contributed by atoms with van der Waals surface area (Å²) in [7, 11) is -1.96. The van der Waals surface area contributed by atoms with Crippen molar-refractivity contribution in [3.8, 4) is 6.07 Å². The first kappa shape index (κ1) is 17.6. The number of hydrogen-bond acceptors (Lipinski definition) is 2. The smallest absolute Gasteiger partial charge is 0.192 e. The minimum absolute atomic E-state index is 0.0987. The summed E-state index contributed by atoms with van der Waals surface area (Å²) in [6.45, 7) is 13.1. The zero-order chi connectivity index (χ0) is 16.9. The number of halogens is 2. The highest BCUT2D eigenvalue weighted by atomic mass is 79.9. The minimum Gasteiger partial charge on any atom is -0.410 e. The Kier molecular flexibility index (Phi) is 4.60. The molecule has 0 saturated carbocycles. The third-order valence-corrected chi connectivity index (χ3v) is 10.3. The third kappa shape index (κ3) is 2.89. The Morgan fingerprint density at radius 3 is 2.50 bits per heavy atom. The van der Waals surface area contributed by atoms with Crippen LogP contribution in [0, 0.1) is 23.1 Å². The number of hydrogen-bond donors (Lipinski definition) is 0. The van der Waals surface area contributed by atoms with Crippen LogP contribution < -0.4 is 0 Å². The van der Waals surface area contributed by atoms with Gasteiger partial charge in [0.25, 0.3) is 0 Å². The molecule has 0 saturated heterocycles. The molecule has 120 valence electrons. The van der Waals surface area contributed by atoms with Crippen molar-refractivity contribution in [1.82, 2.24) is 0 Å². The molecule has 2 unspecified atom stereocenters. The summed E-state index contributed by atoms with van der Waals surface area (Å²) in [5.41, 5.74) is 1.89. The van der Waals surface area contributed by atoms with E-state index in [2.05, 4.69) is 62.8 Å². The minimum atomic E-state index is -1.96. The number of fused-ring (bicyclic) bond motifs is 1. The first-order valence-corrected chi connectivity index (χ1v) is 11.3. The van der Waals surface area contributed by atoms with Crippen molar-refractivity contribution in [3.05, 3.63) is 33.0 Å². The second-order valence-corrected chi connectivity index (χ2v) is 13.3. The molecule has 1 aliphatic rings. The second kappa shape index (κ2) is 5.74. The first-order chi connectivity index (χ1) is 9.99. The van der Waals surface area contributed by atoms with E-state index in [1.165, 1.54) is 0 Å². The third-order valence-electron chi connectivity index (χ3n) is 5.04. The van der Waals surface area contributed by atoms with Gasteiger partial charge in [0.1, 0.15) is 11.9 Å². The van der Waals surface area contributed by atoms with Crippen LogP contribution in [0.4, 0.5) is 4.39 Å². The Labute approximate surface area is 141 Å². The molecule has 1 aromatic carbocycles. The molecule has 0 fully saturated rings. The summed E-state index contributed by atoms with van der Waals surface area (Å²) in [4.78, 5) is 0. The summed E-state index contributed by atoms with van der Waals surface area (Å²) in [5, 5.41) is 9.31. The van der Waals surface area contributed by atoms with E-state index in [0.717, 1.165) is 5.56 Å². The Bertz CT molecular complexity index is 646. The lowest BCUT2D eigenvalue weighted by Gasteiger charge is -2.39. The lowest BCUT2D eigenvalue weighted by atomic mass is 10.0. The van der Waals surface area contributed by atoms with Crippen molar-refractivity contribution in [2.45, 2.75) is 58.4 Å². The van der Waals surface area contributed by atoms with E-state index in [1.54, 1.807) is 6.07 Å². The zero-order valence-corrected chi connectivity index (χ0v) is 16.6. The van der Waals surface area contributed by atoms with E-state index >= 15 is 0 Å². The fourth-order valence-corrected chi connectivity index (χ4v) is 4.43. The predicted molar refractivity (Wildman–Crippen MR) is 92.7 cm³/mol. The number of nitrogens with zero attached hydrogens (tertiary/aromatic N) is 1. The molecule has 0 aliphatic heterocycles. The van der Waals surface area contributed by atoms with Gasteiger partial charge in [-0.15, -0.1) is 0 Å². The molecule has 0 radical (unpaired) electrons. The van der Waals surface area contributed by atoms with Crippen molar-refractivity contribution in [1.29, 1.82) is 5.26 Å². The van der Waals surface area contributed by atoms with E-state index in [9.17, 15) is 9.65 Å². The van der Waals surface area contributed by atoms with Crippen LogP contribution >= 0.6 is 15.9 Å². The van der Waals surface area contributed by atoms with Crippen LogP contribution in [0.25, 0.3) is 0 Å². The molecule has 2 rings (SSSR count). The Balaban J connectivity index is 2.48. The molecular weight excluding hydrogens is 361 g/mol. The molecular formula is C17H23BrFNOSi. The van der Waals surface area contributed by atoms with E-state index < -0.39 is 8.32 Å². The summed E-state index contributed by atoms with van der Waals surface area (Å²) < 4.78 is 21.3. The fraction of sp³-hybridized carbons (Fsp3) is 0.588. The highest BCUT2D eigenvalue weighted by Crippen LogP contribution is 2.47. The van der Waals surface area contributed by atoms with E-state index in [-0.39, 0.29) is 27.4 Å². The van der Waals surface area contributed by atoms with Crippen LogP contribution in [0.2, 0.25) is 18.1 Å². The van der Waals surface area contributed by atoms with Crippen molar-refractivity contribution in [2.75, 3.05) is 0 Å². The van der Waals surface area contributed by atoms with Gasteiger partial charge < -0.3 is 4.43 Å². The highest BCUT2D eigenvalue weighted by Gasteiger charge is 2.43. The van der Waals surface area contributed by atoms with Crippen LogP contribution in [0.5, 0.6) is 0 Å². The Hall–Kier alpha value is -0.703. The number of rotatable bonds is 2. The summed E-state index contributed by atoms with van der Waals surface area (Å²) in [5.74, 6) is -0.0818. The largest absolute Gasteiger partial charge is 0.410 e. The van der Waals surface area contributed by atoms with Crippen molar-refractivity contribution in [3.63, 3.8) is 0 Å². The van der Waals surface area contributed by atoms with Crippen LogP contribution in [0.15, 0.2) is 10.5 Å². The zero-order valence-electron chi connectivity index (χ0n) is 14.1. The maximum Gasteiger partial charge on any atom is 0.192 e. The topological polar surface area (TPSA) is 33.0 Å². The van der Waals surface area contributed by atoms with Gasteiger partial charge in [-0.2, -0.15) is 5.26 Å². The summed E-state index contributed by atoms with van der Waals surface area (Å²) >= 11 is 3.20. The summed E-state index contributed by atoms with van der Waals surface area (Å²) in [6.07, 6.45) is 0.538. The van der Waals surface area contributed by atoms with Crippen molar-refractivity contribution in [2.24, 2.45) is 5.92 Å². The quantitative estimate of drug-likeness (QED) is 0.612. The molecule has 0 spiro atoms. The van der Waals surface area contributed by atoms with Gasteiger partial charge in [-0.05, 0) is 63.6 Å². The van der Waals surface area contributed by atoms with Crippen LogP contribution in [-0.2, 0) is 10.8 Å². The fourth-order valence-electron chi connectivity index (χ4n) is 2.64. The van der Waals surface area contributed by atoms with E-state index in [4.69, 9.17) is 4.43 Å². The van der Waals surface area contributed by atoms with Crippen LogP contribution in [0.1, 0.15) is 50.5 Å².